The van der Waals surface area contributed by atoms with Crippen LogP contribution < -0.4 is 20.9 Å². The molecule has 0 heterocycles. The van der Waals surface area contributed by atoms with Crippen molar-refractivity contribution >= 4 is 33.8 Å². The predicted molar refractivity (Wildman–Crippen MR) is 144 cm³/mol. The van der Waals surface area contributed by atoms with Gasteiger partial charge >= 0.3 is 5.97 Å². The molecule has 0 aliphatic rings. The largest absolute Gasteiger partial charge is 0.459 e. The maximum absolute atomic E-state index is 14.7. The number of esters is 1. The number of carbonyl (C=O) groups excluding carboxylic acids is 2. The van der Waals surface area contributed by atoms with Gasteiger partial charge in [-0.05, 0) is 82.2 Å². The van der Waals surface area contributed by atoms with Gasteiger partial charge in [-0.2, -0.15) is 4.72 Å². The molecule has 218 valence electrons. The van der Waals surface area contributed by atoms with Crippen LogP contribution in [0.15, 0.2) is 51.9 Å². The van der Waals surface area contributed by atoms with Crippen LogP contribution in [0.5, 0.6) is 11.5 Å². The molecule has 0 saturated carbocycles. The number of hydrogen-bond acceptors (Lipinski definition) is 8. The summed E-state index contributed by atoms with van der Waals surface area (Å²) in [5, 5.41) is 9.86. The van der Waals surface area contributed by atoms with E-state index in [1.807, 2.05) is 0 Å². The number of carbonyl (C=O) groups is 2. The van der Waals surface area contributed by atoms with Crippen molar-refractivity contribution in [1.29, 1.82) is 0 Å². The summed E-state index contributed by atoms with van der Waals surface area (Å²) in [7, 11) is -4.30. The molecule has 0 aromatic heterocycles. The molecule has 0 radical (unpaired) electrons. The van der Waals surface area contributed by atoms with Gasteiger partial charge in [0.15, 0.2) is 29.6 Å². The number of nitrogens with one attached hydrogen (secondary N) is 1. The molecule has 0 spiro atoms. The summed E-state index contributed by atoms with van der Waals surface area (Å²) in [4.78, 5) is 27.3. The van der Waals surface area contributed by atoms with Crippen molar-refractivity contribution in [3.8, 4) is 11.5 Å². The van der Waals surface area contributed by atoms with E-state index in [-0.39, 0.29) is 27.7 Å². The first kappa shape index (κ1) is 32.3. The van der Waals surface area contributed by atoms with Gasteiger partial charge in [0, 0.05) is 6.42 Å². The van der Waals surface area contributed by atoms with Gasteiger partial charge in [0.1, 0.15) is 23.2 Å². The molecule has 6 N–H and O–H groups in total. The van der Waals surface area contributed by atoms with Gasteiger partial charge in [-0.1, -0.05) is 6.08 Å². The van der Waals surface area contributed by atoms with Crippen LogP contribution in [0.1, 0.15) is 46.6 Å². The number of aliphatic hydroxyl groups is 1. The van der Waals surface area contributed by atoms with Gasteiger partial charge in [-0.15, -0.1) is 0 Å². The van der Waals surface area contributed by atoms with Crippen LogP contribution in [0.25, 0.3) is 6.08 Å². The molecule has 0 aliphatic heterocycles. The number of rotatable bonds is 11. The Hall–Kier alpha value is -3.88. The standard InChI is InChI=1S/C26H32F2N4O7S/c1-14(23(34)31-25(29)30)10-16-12-19(27)22(20(28)13-16)38-17-6-8-18(9-7-17)40(36,37)32-21(11-15(2)33)24(35)39-26(3,4)5/h6-10,12-13,21,23,32,34H,11H2,1-5H3,(H4,29,30,31)/b14-10+. The molecule has 0 aliphatic carbocycles. The number of Topliss-reactive ketones (excluding diaryl/α,β-unsaturated/α-hetero) is 1. The van der Waals surface area contributed by atoms with E-state index in [9.17, 15) is 31.9 Å². The van der Waals surface area contributed by atoms with Gasteiger partial charge < -0.3 is 26.0 Å². The minimum atomic E-state index is -4.30. The van der Waals surface area contributed by atoms with Gasteiger partial charge in [-0.25, -0.2) is 22.2 Å². The molecule has 2 rings (SSSR count). The fourth-order valence-electron chi connectivity index (χ4n) is 3.23. The Kier molecular flexibility index (Phi) is 10.5. The average Bonchev–Trinajstić information content (AvgIpc) is 2.79. The highest BCUT2D eigenvalue weighted by Gasteiger charge is 2.31. The molecule has 2 aromatic rings. The van der Waals surface area contributed by atoms with E-state index in [4.69, 9.17) is 20.9 Å². The first-order valence-corrected chi connectivity index (χ1v) is 13.3. The Morgan fingerprint density at radius 3 is 2.12 bits per heavy atom. The third kappa shape index (κ3) is 9.70. The molecule has 11 nitrogen and oxygen atoms in total. The number of aliphatic hydroxyl groups excluding tert-OH is 1. The number of halogens is 2. The summed E-state index contributed by atoms with van der Waals surface area (Å²) in [6.45, 7) is 7.45. The van der Waals surface area contributed by atoms with Crippen LogP contribution in [0.3, 0.4) is 0 Å². The Bertz CT molecular complexity index is 1390. The minimum absolute atomic E-state index is 0.0577. The van der Waals surface area contributed by atoms with Crippen LogP contribution in [-0.4, -0.2) is 49.1 Å². The second-order valence-electron chi connectivity index (χ2n) is 9.82. The van der Waals surface area contributed by atoms with Crippen molar-refractivity contribution in [2.24, 2.45) is 16.5 Å². The molecular formula is C26H32F2N4O7S. The van der Waals surface area contributed by atoms with Crippen molar-refractivity contribution in [3.63, 3.8) is 0 Å². The number of hydrogen-bond donors (Lipinski definition) is 4. The molecule has 0 amide bonds. The summed E-state index contributed by atoms with van der Waals surface area (Å²) in [5.41, 5.74) is 9.77. The lowest BCUT2D eigenvalue weighted by Crippen LogP contribution is -2.45. The number of guanidine groups is 1. The Balaban J connectivity index is 2.24. The fraction of sp³-hybridized carbons (Fsp3) is 0.346. The maximum Gasteiger partial charge on any atom is 0.325 e. The van der Waals surface area contributed by atoms with Crippen LogP contribution in [0.4, 0.5) is 8.78 Å². The van der Waals surface area contributed by atoms with E-state index in [1.54, 1.807) is 20.8 Å². The van der Waals surface area contributed by atoms with Gasteiger partial charge in [0.25, 0.3) is 0 Å². The van der Waals surface area contributed by atoms with Crippen molar-refractivity contribution < 1.29 is 41.4 Å². The topological polar surface area (TPSA) is 183 Å². The Morgan fingerprint density at radius 1 is 1.10 bits per heavy atom. The normalized spacial score (nSPS) is 13.8. The molecular weight excluding hydrogens is 550 g/mol. The number of nitrogens with two attached hydrogens (primary N) is 2. The monoisotopic (exact) mass is 582 g/mol. The molecule has 2 aromatic carbocycles. The van der Waals surface area contributed by atoms with E-state index >= 15 is 0 Å². The van der Waals surface area contributed by atoms with Crippen LogP contribution in [-0.2, 0) is 24.3 Å². The van der Waals surface area contributed by atoms with E-state index in [1.165, 1.54) is 19.9 Å². The first-order valence-electron chi connectivity index (χ1n) is 11.8. The lowest BCUT2D eigenvalue weighted by Gasteiger charge is -2.24. The predicted octanol–water partition coefficient (Wildman–Crippen LogP) is 2.72. The highest BCUT2D eigenvalue weighted by Crippen LogP contribution is 2.30. The molecule has 2 unspecified atom stereocenters. The first-order chi connectivity index (χ1) is 18.4. The molecule has 0 fully saturated rings. The van der Waals surface area contributed by atoms with Crippen molar-refractivity contribution in [2.45, 2.75) is 63.8 Å². The van der Waals surface area contributed by atoms with Crippen LogP contribution >= 0.6 is 0 Å². The Morgan fingerprint density at radius 2 is 1.65 bits per heavy atom. The van der Waals surface area contributed by atoms with E-state index in [0.717, 1.165) is 36.4 Å². The zero-order valence-electron chi connectivity index (χ0n) is 22.6. The fourth-order valence-corrected chi connectivity index (χ4v) is 4.42. The lowest BCUT2D eigenvalue weighted by molar-refractivity contribution is -0.157. The number of benzene rings is 2. The Labute approximate surface area is 230 Å². The summed E-state index contributed by atoms with van der Waals surface area (Å²) >= 11 is 0. The summed E-state index contributed by atoms with van der Waals surface area (Å²) in [6.07, 6.45) is -0.555. The van der Waals surface area contributed by atoms with Crippen molar-refractivity contribution in [3.05, 3.63) is 59.2 Å². The highest BCUT2D eigenvalue weighted by molar-refractivity contribution is 7.89. The third-order valence-corrected chi connectivity index (χ3v) is 6.42. The van der Waals surface area contributed by atoms with E-state index < -0.39 is 63.5 Å². The number of nitrogens with zero attached hydrogens (tertiary/aromatic N) is 1. The maximum atomic E-state index is 14.7. The number of aliphatic imine (C=N–C) groups is 1. The smallest absolute Gasteiger partial charge is 0.325 e. The second kappa shape index (κ2) is 13.0. The molecule has 0 saturated heterocycles. The molecule has 0 bridgehead atoms. The van der Waals surface area contributed by atoms with Gasteiger partial charge in [-0.3, -0.25) is 9.59 Å². The van der Waals surface area contributed by atoms with Gasteiger partial charge in [0.05, 0.1) is 4.90 Å². The lowest BCUT2D eigenvalue weighted by atomic mass is 10.1. The number of sulfonamides is 1. The van der Waals surface area contributed by atoms with Crippen molar-refractivity contribution in [2.75, 3.05) is 0 Å². The van der Waals surface area contributed by atoms with E-state index in [0.29, 0.717) is 0 Å². The van der Waals surface area contributed by atoms with Gasteiger partial charge in [0.2, 0.25) is 10.0 Å². The summed E-state index contributed by atoms with van der Waals surface area (Å²) in [5.74, 6) is -4.71. The zero-order valence-corrected chi connectivity index (χ0v) is 23.4. The number of ketones is 1. The molecule has 40 heavy (non-hydrogen) atoms. The SMILES string of the molecule is CC(=O)CC(NS(=O)(=O)c1ccc(Oc2c(F)cc(/C=C(\C)C(O)N=C(N)N)cc2F)cc1)C(=O)OC(C)(C)C. The second-order valence-corrected chi connectivity index (χ2v) is 11.5. The summed E-state index contributed by atoms with van der Waals surface area (Å²) < 4.78 is 67.7. The number of ether oxygens (including phenoxy) is 2. The molecule has 14 heteroatoms. The van der Waals surface area contributed by atoms with E-state index in [2.05, 4.69) is 9.71 Å². The highest BCUT2D eigenvalue weighted by atomic mass is 32.2. The molecule has 2 atom stereocenters. The van der Waals surface area contributed by atoms with Crippen LogP contribution in [0, 0.1) is 11.6 Å². The minimum Gasteiger partial charge on any atom is -0.459 e. The average molecular weight is 583 g/mol. The van der Waals surface area contributed by atoms with Crippen molar-refractivity contribution in [1.82, 2.24) is 4.72 Å². The van der Waals surface area contributed by atoms with Crippen LogP contribution in [0.2, 0.25) is 0 Å². The quantitative estimate of drug-likeness (QED) is 0.176. The zero-order chi connectivity index (χ0) is 30.4. The summed E-state index contributed by atoms with van der Waals surface area (Å²) in [6, 6.07) is 4.96. The third-order valence-electron chi connectivity index (χ3n) is 4.93.